The summed E-state index contributed by atoms with van der Waals surface area (Å²) in [7, 11) is 0. The van der Waals surface area contributed by atoms with E-state index >= 15 is 0 Å². The molecule has 0 saturated carbocycles. The molecule has 1 aromatic rings. The van der Waals surface area contributed by atoms with Crippen LogP contribution in [0.15, 0.2) is 35.3 Å². The van der Waals surface area contributed by atoms with E-state index in [2.05, 4.69) is 4.99 Å². The van der Waals surface area contributed by atoms with Crippen LogP contribution in [0, 0.1) is 0 Å². The molecule has 0 amide bonds. The van der Waals surface area contributed by atoms with Gasteiger partial charge in [-0.2, -0.15) is 0 Å². The van der Waals surface area contributed by atoms with E-state index in [9.17, 15) is 0 Å². The average molecular weight is 177 g/mol. The SMILES string of the molecule is OC1CN=C(c2ccccc2)OC1. The Morgan fingerprint density at radius 1 is 1.31 bits per heavy atom. The summed E-state index contributed by atoms with van der Waals surface area (Å²) in [5.41, 5.74) is 0.967. The van der Waals surface area contributed by atoms with Gasteiger partial charge in [0.05, 0.1) is 6.54 Å². The highest BCUT2D eigenvalue weighted by Gasteiger charge is 2.14. The van der Waals surface area contributed by atoms with Crippen molar-refractivity contribution in [2.45, 2.75) is 6.10 Å². The molecule has 0 aromatic heterocycles. The maximum atomic E-state index is 9.14. The average Bonchev–Trinajstić information content (AvgIpc) is 2.20. The summed E-state index contributed by atoms with van der Waals surface area (Å²) in [5, 5.41) is 9.14. The molecule has 0 fully saturated rings. The predicted molar refractivity (Wildman–Crippen MR) is 49.8 cm³/mol. The Kier molecular flexibility index (Phi) is 2.27. The van der Waals surface area contributed by atoms with Gasteiger partial charge in [-0.25, -0.2) is 4.99 Å². The molecule has 1 aromatic carbocycles. The fourth-order valence-electron chi connectivity index (χ4n) is 1.22. The molecule has 2 rings (SSSR count). The third-order valence-corrected chi connectivity index (χ3v) is 1.88. The van der Waals surface area contributed by atoms with Crippen molar-refractivity contribution in [1.29, 1.82) is 0 Å². The molecule has 1 heterocycles. The van der Waals surface area contributed by atoms with Crippen molar-refractivity contribution in [2.75, 3.05) is 13.2 Å². The Hall–Kier alpha value is -1.35. The highest BCUT2D eigenvalue weighted by atomic mass is 16.5. The van der Waals surface area contributed by atoms with Crippen LogP contribution in [0.4, 0.5) is 0 Å². The highest BCUT2D eigenvalue weighted by molar-refractivity contribution is 5.94. The fourth-order valence-corrected chi connectivity index (χ4v) is 1.22. The molecule has 1 N–H and O–H groups in total. The van der Waals surface area contributed by atoms with E-state index in [1.165, 1.54) is 0 Å². The topological polar surface area (TPSA) is 41.8 Å². The molecule has 3 nitrogen and oxygen atoms in total. The van der Waals surface area contributed by atoms with Crippen LogP contribution in [0.2, 0.25) is 0 Å². The summed E-state index contributed by atoms with van der Waals surface area (Å²) < 4.78 is 5.28. The van der Waals surface area contributed by atoms with Gasteiger partial charge >= 0.3 is 0 Å². The van der Waals surface area contributed by atoms with Crippen molar-refractivity contribution in [1.82, 2.24) is 0 Å². The first kappa shape index (κ1) is 8.26. The molecule has 0 saturated heterocycles. The van der Waals surface area contributed by atoms with Gasteiger partial charge < -0.3 is 9.84 Å². The number of rotatable bonds is 1. The van der Waals surface area contributed by atoms with Crippen LogP contribution >= 0.6 is 0 Å². The first-order valence-electron chi connectivity index (χ1n) is 4.27. The Morgan fingerprint density at radius 3 is 2.69 bits per heavy atom. The largest absolute Gasteiger partial charge is 0.475 e. The molecule has 13 heavy (non-hydrogen) atoms. The van der Waals surface area contributed by atoms with Gasteiger partial charge in [0.25, 0.3) is 0 Å². The lowest BCUT2D eigenvalue weighted by Gasteiger charge is -2.17. The molecule has 1 unspecified atom stereocenters. The maximum absolute atomic E-state index is 9.14. The van der Waals surface area contributed by atoms with Crippen LogP contribution in [0.3, 0.4) is 0 Å². The second-order valence-corrected chi connectivity index (χ2v) is 2.98. The van der Waals surface area contributed by atoms with Gasteiger partial charge in [0, 0.05) is 5.56 Å². The zero-order valence-electron chi connectivity index (χ0n) is 7.18. The lowest BCUT2D eigenvalue weighted by atomic mass is 10.2. The summed E-state index contributed by atoms with van der Waals surface area (Å²) in [6.45, 7) is 0.776. The van der Waals surface area contributed by atoms with Crippen molar-refractivity contribution in [3.8, 4) is 0 Å². The van der Waals surface area contributed by atoms with E-state index in [1.54, 1.807) is 0 Å². The van der Waals surface area contributed by atoms with Crippen molar-refractivity contribution < 1.29 is 9.84 Å². The number of benzene rings is 1. The van der Waals surface area contributed by atoms with Gasteiger partial charge in [-0.3, -0.25) is 0 Å². The number of hydrogen-bond acceptors (Lipinski definition) is 3. The minimum absolute atomic E-state index is 0.341. The Labute approximate surface area is 76.7 Å². The smallest absolute Gasteiger partial charge is 0.216 e. The van der Waals surface area contributed by atoms with E-state index in [0.29, 0.717) is 19.0 Å². The van der Waals surface area contributed by atoms with Crippen LogP contribution in [0.5, 0.6) is 0 Å². The standard InChI is InChI=1S/C10H11NO2/c12-9-6-11-10(13-7-9)8-4-2-1-3-5-8/h1-5,9,12H,6-7H2. The summed E-state index contributed by atoms with van der Waals surface area (Å²) in [5.74, 6) is 0.630. The number of aliphatic imine (C=N–C) groups is 1. The molecule has 0 radical (unpaired) electrons. The molecule has 0 aliphatic carbocycles. The molecule has 1 aliphatic rings. The van der Waals surface area contributed by atoms with Gasteiger partial charge in [-0.1, -0.05) is 18.2 Å². The molecule has 68 valence electrons. The molecular formula is C10H11NO2. The first-order valence-corrected chi connectivity index (χ1v) is 4.27. The number of hydrogen-bond donors (Lipinski definition) is 1. The second-order valence-electron chi connectivity index (χ2n) is 2.98. The number of aliphatic hydroxyl groups excluding tert-OH is 1. The van der Waals surface area contributed by atoms with Crippen molar-refractivity contribution in [3.05, 3.63) is 35.9 Å². The van der Waals surface area contributed by atoms with E-state index < -0.39 is 6.10 Å². The van der Waals surface area contributed by atoms with E-state index in [4.69, 9.17) is 9.84 Å². The van der Waals surface area contributed by atoms with Gasteiger partial charge in [0.15, 0.2) is 0 Å². The normalized spacial score (nSPS) is 21.9. The van der Waals surface area contributed by atoms with E-state index in [-0.39, 0.29) is 0 Å². The predicted octanol–water partition coefficient (Wildman–Crippen LogP) is 0.824. The van der Waals surface area contributed by atoms with Gasteiger partial charge in [-0.15, -0.1) is 0 Å². The molecular weight excluding hydrogens is 166 g/mol. The summed E-state index contributed by atoms with van der Waals surface area (Å²) >= 11 is 0. The second kappa shape index (κ2) is 3.58. The highest BCUT2D eigenvalue weighted by Crippen LogP contribution is 2.07. The van der Waals surface area contributed by atoms with Gasteiger partial charge in [-0.05, 0) is 12.1 Å². The number of aliphatic hydroxyl groups is 1. The first-order chi connectivity index (χ1) is 6.36. The van der Waals surface area contributed by atoms with Crippen LogP contribution < -0.4 is 0 Å². The lowest BCUT2D eigenvalue weighted by molar-refractivity contribution is 0.0957. The van der Waals surface area contributed by atoms with Crippen LogP contribution in [0.25, 0.3) is 0 Å². The van der Waals surface area contributed by atoms with E-state index in [1.807, 2.05) is 30.3 Å². The van der Waals surface area contributed by atoms with Crippen molar-refractivity contribution in [3.63, 3.8) is 0 Å². The molecule has 1 atom stereocenters. The summed E-state index contributed by atoms with van der Waals surface area (Å²) in [6.07, 6.45) is -0.451. The molecule has 3 heteroatoms. The monoisotopic (exact) mass is 177 g/mol. The molecule has 0 bridgehead atoms. The lowest BCUT2D eigenvalue weighted by Crippen LogP contribution is -2.27. The quantitative estimate of drug-likeness (QED) is 0.690. The summed E-state index contributed by atoms with van der Waals surface area (Å²) in [4.78, 5) is 4.13. The van der Waals surface area contributed by atoms with Gasteiger partial charge in [0.1, 0.15) is 12.7 Å². The summed E-state index contributed by atoms with van der Waals surface area (Å²) in [6, 6.07) is 9.70. The van der Waals surface area contributed by atoms with Crippen LogP contribution in [0.1, 0.15) is 5.56 Å². The zero-order chi connectivity index (χ0) is 9.10. The number of nitrogens with zero attached hydrogens (tertiary/aromatic N) is 1. The number of ether oxygens (including phenoxy) is 1. The van der Waals surface area contributed by atoms with Crippen LogP contribution in [-0.4, -0.2) is 30.3 Å². The Balaban J connectivity index is 2.19. The van der Waals surface area contributed by atoms with Crippen molar-refractivity contribution >= 4 is 5.90 Å². The van der Waals surface area contributed by atoms with Crippen molar-refractivity contribution in [2.24, 2.45) is 4.99 Å². The Bertz CT molecular complexity index is 308. The molecule has 0 spiro atoms. The minimum atomic E-state index is -0.451. The fraction of sp³-hybridized carbons (Fsp3) is 0.300. The minimum Gasteiger partial charge on any atom is -0.475 e. The van der Waals surface area contributed by atoms with Gasteiger partial charge in [0.2, 0.25) is 5.90 Å². The van der Waals surface area contributed by atoms with Crippen LogP contribution in [-0.2, 0) is 4.74 Å². The van der Waals surface area contributed by atoms with E-state index in [0.717, 1.165) is 5.56 Å². The third kappa shape index (κ3) is 1.87. The maximum Gasteiger partial charge on any atom is 0.216 e. The zero-order valence-corrected chi connectivity index (χ0v) is 7.18. The third-order valence-electron chi connectivity index (χ3n) is 1.88. The molecule has 1 aliphatic heterocycles. The Morgan fingerprint density at radius 2 is 2.08 bits per heavy atom.